The number of nitrogens with two attached hydrogens (primary N) is 1. The predicted molar refractivity (Wildman–Crippen MR) is 83.6 cm³/mol. The minimum atomic E-state index is 0.0133. The number of carbonyl (C=O) groups is 1. The van der Waals surface area contributed by atoms with Crippen molar-refractivity contribution >= 4 is 28.9 Å². The van der Waals surface area contributed by atoms with Crippen LogP contribution < -0.4 is 15.4 Å². The van der Waals surface area contributed by atoms with Gasteiger partial charge in [0, 0.05) is 10.7 Å². The lowest BCUT2D eigenvalue weighted by Gasteiger charge is -2.22. The molecule has 0 bridgehead atoms. The van der Waals surface area contributed by atoms with E-state index in [0.29, 0.717) is 36.0 Å². The summed E-state index contributed by atoms with van der Waals surface area (Å²) >= 11 is 6.02. The molecule has 1 aliphatic heterocycles. The Labute approximate surface area is 128 Å². The first-order valence-corrected chi connectivity index (χ1v) is 7.09. The van der Waals surface area contributed by atoms with Crippen LogP contribution in [0.5, 0.6) is 5.75 Å². The van der Waals surface area contributed by atoms with Crippen LogP contribution in [-0.2, 0) is 11.3 Å². The van der Waals surface area contributed by atoms with Gasteiger partial charge < -0.3 is 15.4 Å². The monoisotopic (exact) mass is 302 g/mol. The number of amides is 1. The van der Waals surface area contributed by atoms with E-state index >= 15 is 0 Å². The molecule has 21 heavy (non-hydrogen) atoms. The highest BCUT2D eigenvalue weighted by Gasteiger charge is 2.23. The molecule has 1 aliphatic rings. The number of ether oxygens (including phenoxy) is 1. The van der Waals surface area contributed by atoms with Crippen molar-refractivity contribution in [3.63, 3.8) is 0 Å². The van der Waals surface area contributed by atoms with Crippen LogP contribution in [-0.4, -0.2) is 12.5 Å². The second-order valence-electron chi connectivity index (χ2n) is 4.89. The fourth-order valence-electron chi connectivity index (χ4n) is 2.37. The zero-order valence-electron chi connectivity index (χ0n) is 11.4. The van der Waals surface area contributed by atoms with Crippen LogP contribution in [0.25, 0.3) is 0 Å². The summed E-state index contributed by atoms with van der Waals surface area (Å²) in [6, 6.07) is 12.8. The topological polar surface area (TPSA) is 55.6 Å². The summed E-state index contributed by atoms with van der Waals surface area (Å²) in [5.41, 5.74) is 8.19. The van der Waals surface area contributed by atoms with Gasteiger partial charge in [-0.2, -0.15) is 0 Å². The first kappa shape index (κ1) is 13.8. The predicted octanol–water partition coefficient (Wildman–Crippen LogP) is 3.24. The highest BCUT2D eigenvalue weighted by molar-refractivity contribution is 6.30. The summed E-state index contributed by atoms with van der Waals surface area (Å²) in [5.74, 6) is 0.725. The van der Waals surface area contributed by atoms with Crippen LogP contribution in [0, 0.1) is 0 Å². The number of hydrogen-bond donors (Lipinski definition) is 1. The summed E-state index contributed by atoms with van der Waals surface area (Å²) in [4.78, 5) is 14.0. The van der Waals surface area contributed by atoms with Crippen molar-refractivity contribution in [3.8, 4) is 5.75 Å². The molecule has 4 nitrogen and oxygen atoms in total. The van der Waals surface area contributed by atoms with Gasteiger partial charge in [0.2, 0.25) is 5.91 Å². The smallest absolute Gasteiger partial charge is 0.230 e. The van der Waals surface area contributed by atoms with Crippen molar-refractivity contribution < 1.29 is 9.53 Å². The van der Waals surface area contributed by atoms with Gasteiger partial charge in [-0.15, -0.1) is 0 Å². The molecule has 1 amide bonds. The van der Waals surface area contributed by atoms with E-state index in [9.17, 15) is 4.79 Å². The van der Waals surface area contributed by atoms with E-state index in [4.69, 9.17) is 22.1 Å². The second-order valence-corrected chi connectivity index (χ2v) is 5.33. The Morgan fingerprint density at radius 3 is 2.90 bits per heavy atom. The molecule has 0 unspecified atom stereocenters. The number of benzene rings is 2. The Balaban J connectivity index is 2.00. The summed E-state index contributed by atoms with van der Waals surface area (Å²) in [5, 5.41) is 0.603. The average molecular weight is 303 g/mol. The molecule has 0 aliphatic carbocycles. The van der Waals surface area contributed by atoms with Crippen molar-refractivity contribution in [2.45, 2.75) is 13.0 Å². The number of anilines is 2. The lowest BCUT2D eigenvalue weighted by atomic mass is 10.1. The minimum absolute atomic E-state index is 0.0133. The molecule has 0 spiro atoms. The number of para-hydroxylation sites is 2. The Morgan fingerprint density at radius 2 is 2.05 bits per heavy atom. The van der Waals surface area contributed by atoms with Gasteiger partial charge in [0.1, 0.15) is 5.75 Å². The Kier molecular flexibility index (Phi) is 3.71. The highest BCUT2D eigenvalue weighted by atomic mass is 35.5. The maximum absolute atomic E-state index is 12.3. The third kappa shape index (κ3) is 2.81. The van der Waals surface area contributed by atoms with Crippen LogP contribution in [0.3, 0.4) is 0 Å². The van der Waals surface area contributed by atoms with Gasteiger partial charge in [0.15, 0.2) is 0 Å². The van der Waals surface area contributed by atoms with Crippen LogP contribution in [0.4, 0.5) is 11.4 Å². The molecule has 108 valence electrons. The Morgan fingerprint density at radius 1 is 1.24 bits per heavy atom. The number of hydrogen-bond acceptors (Lipinski definition) is 3. The molecule has 3 rings (SSSR count). The average Bonchev–Trinajstić information content (AvgIpc) is 2.63. The Bertz CT molecular complexity index is 688. The highest BCUT2D eigenvalue weighted by Crippen LogP contribution is 2.33. The molecule has 1 heterocycles. The molecule has 0 saturated carbocycles. The van der Waals surface area contributed by atoms with Gasteiger partial charge in [-0.1, -0.05) is 23.7 Å². The van der Waals surface area contributed by atoms with Crippen LogP contribution >= 0.6 is 11.6 Å². The lowest BCUT2D eigenvalue weighted by Crippen LogP contribution is -2.30. The standard InChI is InChI=1S/C16H15ClN2O2/c17-12-5-6-13(18)11(9-12)10-19-14-3-1-2-4-15(14)21-8-7-16(19)20/h1-6,9H,7-8,10,18H2. The molecular formula is C16H15ClN2O2. The number of carbonyl (C=O) groups excluding carboxylic acids is 1. The van der Waals surface area contributed by atoms with Gasteiger partial charge in [-0.3, -0.25) is 4.79 Å². The first-order valence-electron chi connectivity index (χ1n) is 6.71. The van der Waals surface area contributed by atoms with Crippen molar-refractivity contribution in [3.05, 3.63) is 53.1 Å². The van der Waals surface area contributed by atoms with Gasteiger partial charge in [-0.05, 0) is 35.9 Å². The van der Waals surface area contributed by atoms with E-state index in [-0.39, 0.29) is 5.91 Å². The zero-order chi connectivity index (χ0) is 14.8. The number of fused-ring (bicyclic) bond motifs is 1. The second kappa shape index (κ2) is 5.66. The van der Waals surface area contributed by atoms with Gasteiger partial charge in [-0.25, -0.2) is 0 Å². The fraction of sp³-hybridized carbons (Fsp3) is 0.188. The molecule has 0 atom stereocenters. The maximum Gasteiger partial charge on any atom is 0.230 e. The number of nitrogens with zero attached hydrogens (tertiary/aromatic N) is 1. The van der Waals surface area contributed by atoms with Gasteiger partial charge in [0.05, 0.1) is 25.3 Å². The van der Waals surface area contributed by atoms with Crippen molar-refractivity contribution in [1.82, 2.24) is 0 Å². The van der Waals surface area contributed by atoms with Crippen molar-refractivity contribution in [1.29, 1.82) is 0 Å². The van der Waals surface area contributed by atoms with E-state index in [1.54, 1.807) is 23.1 Å². The number of nitrogen functional groups attached to an aromatic ring is 1. The van der Waals surface area contributed by atoms with Crippen molar-refractivity contribution in [2.75, 3.05) is 17.2 Å². The molecule has 2 N–H and O–H groups in total. The fourth-order valence-corrected chi connectivity index (χ4v) is 2.57. The zero-order valence-corrected chi connectivity index (χ0v) is 12.1. The van der Waals surface area contributed by atoms with Crippen molar-refractivity contribution in [2.24, 2.45) is 0 Å². The molecule has 0 saturated heterocycles. The van der Waals surface area contributed by atoms with Gasteiger partial charge in [0.25, 0.3) is 0 Å². The molecule has 2 aromatic carbocycles. The molecule has 0 aromatic heterocycles. The quantitative estimate of drug-likeness (QED) is 0.867. The minimum Gasteiger partial charge on any atom is -0.491 e. The molecule has 0 fully saturated rings. The number of halogens is 1. The van der Waals surface area contributed by atoms with E-state index < -0.39 is 0 Å². The summed E-state index contributed by atoms with van der Waals surface area (Å²) in [6.07, 6.45) is 0.342. The molecule has 0 radical (unpaired) electrons. The normalized spacial score (nSPS) is 14.3. The van der Waals surface area contributed by atoms with Crippen LogP contribution in [0.2, 0.25) is 5.02 Å². The van der Waals surface area contributed by atoms with E-state index in [1.165, 1.54) is 0 Å². The summed E-state index contributed by atoms with van der Waals surface area (Å²) in [7, 11) is 0. The van der Waals surface area contributed by atoms with Crippen LogP contribution in [0.1, 0.15) is 12.0 Å². The SMILES string of the molecule is Nc1ccc(Cl)cc1CN1C(=O)CCOc2ccccc21. The van der Waals surface area contributed by atoms with Crippen LogP contribution in [0.15, 0.2) is 42.5 Å². The summed E-state index contributed by atoms with van der Waals surface area (Å²) < 4.78 is 5.62. The first-order chi connectivity index (χ1) is 10.1. The Hall–Kier alpha value is -2.20. The molecular weight excluding hydrogens is 288 g/mol. The summed E-state index contributed by atoms with van der Waals surface area (Å²) in [6.45, 7) is 0.767. The third-order valence-electron chi connectivity index (χ3n) is 3.46. The van der Waals surface area contributed by atoms with E-state index in [1.807, 2.05) is 24.3 Å². The number of rotatable bonds is 2. The largest absolute Gasteiger partial charge is 0.491 e. The third-order valence-corrected chi connectivity index (χ3v) is 3.70. The lowest BCUT2D eigenvalue weighted by molar-refractivity contribution is -0.118. The van der Waals surface area contributed by atoms with E-state index in [0.717, 1.165) is 11.3 Å². The maximum atomic E-state index is 12.3. The van der Waals surface area contributed by atoms with Gasteiger partial charge >= 0.3 is 0 Å². The molecule has 5 heteroatoms. The van der Waals surface area contributed by atoms with E-state index in [2.05, 4.69) is 0 Å². The molecule has 2 aromatic rings.